The second-order valence-electron chi connectivity index (χ2n) is 4.07. The number of nitrogens with zero attached hydrogens (tertiary/aromatic N) is 1. The number of urea groups is 1. The monoisotopic (exact) mass is 219 g/mol. The van der Waals surface area contributed by atoms with E-state index in [9.17, 15) is 4.79 Å². The zero-order valence-corrected chi connectivity index (χ0v) is 9.23. The van der Waals surface area contributed by atoms with Gasteiger partial charge in [0, 0.05) is 24.8 Å². The zero-order valence-electron chi connectivity index (χ0n) is 9.23. The predicted molar refractivity (Wildman–Crippen MR) is 64.4 cm³/mol. The Bertz CT molecular complexity index is 353. The molecule has 2 rings (SSSR count). The number of nitrogens with one attached hydrogen (secondary N) is 1. The Labute approximate surface area is 95.4 Å². The molecular weight excluding hydrogens is 202 g/mol. The van der Waals surface area contributed by atoms with E-state index in [1.807, 2.05) is 18.2 Å². The van der Waals surface area contributed by atoms with Crippen molar-refractivity contribution in [1.82, 2.24) is 5.32 Å². The lowest BCUT2D eigenvalue weighted by atomic mass is 10.2. The summed E-state index contributed by atoms with van der Waals surface area (Å²) < 4.78 is 0. The van der Waals surface area contributed by atoms with E-state index in [2.05, 4.69) is 22.3 Å². The first-order chi connectivity index (χ1) is 7.77. The molecule has 1 fully saturated rings. The summed E-state index contributed by atoms with van der Waals surface area (Å²) in [5.74, 6) is 0. The lowest BCUT2D eigenvalue weighted by Gasteiger charge is -2.26. The van der Waals surface area contributed by atoms with Crippen LogP contribution in [-0.4, -0.2) is 25.2 Å². The second kappa shape index (κ2) is 4.88. The van der Waals surface area contributed by atoms with Crippen molar-refractivity contribution in [3.05, 3.63) is 30.3 Å². The summed E-state index contributed by atoms with van der Waals surface area (Å²) in [5, 5.41) is 2.68. The molecule has 1 atom stereocenters. The highest BCUT2D eigenvalue weighted by atomic mass is 16.2. The third-order valence-electron chi connectivity index (χ3n) is 2.98. The Morgan fingerprint density at radius 1 is 1.44 bits per heavy atom. The number of benzene rings is 1. The van der Waals surface area contributed by atoms with Gasteiger partial charge in [0.05, 0.1) is 0 Å². The lowest BCUT2D eigenvalue weighted by Crippen LogP contribution is -2.42. The van der Waals surface area contributed by atoms with Crippen molar-refractivity contribution in [2.45, 2.75) is 18.9 Å². The Hall–Kier alpha value is -1.71. The molecule has 0 aromatic heterocycles. The standard InChI is InChI=1S/C12H17N3O/c13-12(16)14-9-11-7-4-8-15(11)10-5-2-1-3-6-10/h1-3,5-6,11H,4,7-9H2,(H3,13,14,16)/t11-/m0/s1. The fourth-order valence-corrected chi connectivity index (χ4v) is 2.23. The number of carbonyl (C=O) groups is 1. The first-order valence-electron chi connectivity index (χ1n) is 5.62. The number of rotatable bonds is 3. The van der Waals surface area contributed by atoms with Gasteiger partial charge in [0.2, 0.25) is 0 Å². The van der Waals surface area contributed by atoms with E-state index < -0.39 is 6.03 Å². The molecule has 4 heteroatoms. The molecule has 0 bridgehead atoms. The predicted octanol–water partition coefficient (Wildman–Crippen LogP) is 1.32. The van der Waals surface area contributed by atoms with E-state index >= 15 is 0 Å². The van der Waals surface area contributed by atoms with E-state index in [0.29, 0.717) is 12.6 Å². The SMILES string of the molecule is NC(=O)NC[C@@H]1CCCN1c1ccccc1. The molecule has 0 unspecified atom stereocenters. The molecule has 4 nitrogen and oxygen atoms in total. The van der Waals surface area contributed by atoms with Gasteiger partial charge in [0.15, 0.2) is 0 Å². The highest BCUT2D eigenvalue weighted by molar-refractivity contribution is 5.71. The van der Waals surface area contributed by atoms with Crippen molar-refractivity contribution >= 4 is 11.7 Å². The van der Waals surface area contributed by atoms with Crippen LogP contribution in [0.15, 0.2) is 30.3 Å². The van der Waals surface area contributed by atoms with E-state index in [4.69, 9.17) is 5.73 Å². The van der Waals surface area contributed by atoms with Crippen molar-refractivity contribution in [2.75, 3.05) is 18.0 Å². The van der Waals surface area contributed by atoms with Crippen molar-refractivity contribution in [3.8, 4) is 0 Å². The molecule has 0 radical (unpaired) electrons. The molecule has 1 aliphatic rings. The van der Waals surface area contributed by atoms with Gasteiger partial charge in [-0.25, -0.2) is 4.79 Å². The fraction of sp³-hybridized carbons (Fsp3) is 0.417. The average Bonchev–Trinajstić information content (AvgIpc) is 2.75. The average molecular weight is 219 g/mol. The largest absolute Gasteiger partial charge is 0.367 e. The van der Waals surface area contributed by atoms with Crippen LogP contribution in [0.1, 0.15) is 12.8 Å². The summed E-state index contributed by atoms with van der Waals surface area (Å²) in [7, 11) is 0. The highest BCUT2D eigenvalue weighted by Crippen LogP contribution is 2.24. The molecule has 1 saturated heterocycles. The maximum atomic E-state index is 10.7. The first kappa shape index (κ1) is 10.8. The molecule has 86 valence electrons. The van der Waals surface area contributed by atoms with Gasteiger partial charge in [-0.15, -0.1) is 0 Å². The Morgan fingerprint density at radius 3 is 2.88 bits per heavy atom. The molecule has 1 aromatic carbocycles. The number of primary amides is 1. The molecule has 2 amide bonds. The van der Waals surface area contributed by atoms with Crippen LogP contribution in [0, 0.1) is 0 Å². The van der Waals surface area contributed by atoms with Crippen molar-refractivity contribution in [2.24, 2.45) is 5.73 Å². The van der Waals surface area contributed by atoms with Gasteiger partial charge in [-0.3, -0.25) is 0 Å². The van der Waals surface area contributed by atoms with E-state index in [-0.39, 0.29) is 0 Å². The molecule has 1 heterocycles. The molecule has 16 heavy (non-hydrogen) atoms. The minimum absolute atomic E-state index is 0.370. The van der Waals surface area contributed by atoms with E-state index in [1.165, 1.54) is 12.1 Å². The van der Waals surface area contributed by atoms with Gasteiger partial charge < -0.3 is 16.0 Å². The van der Waals surface area contributed by atoms with Gasteiger partial charge in [0.1, 0.15) is 0 Å². The van der Waals surface area contributed by atoms with Gasteiger partial charge in [-0.2, -0.15) is 0 Å². The number of carbonyl (C=O) groups excluding carboxylic acids is 1. The molecule has 1 aliphatic heterocycles. The van der Waals surface area contributed by atoms with Crippen LogP contribution in [0.5, 0.6) is 0 Å². The maximum Gasteiger partial charge on any atom is 0.312 e. The minimum atomic E-state index is -0.445. The smallest absolute Gasteiger partial charge is 0.312 e. The number of hydrogen-bond donors (Lipinski definition) is 2. The van der Waals surface area contributed by atoms with Crippen LogP contribution in [0.3, 0.4) is 0 Å². The summed E-state index contributed by atoms with van der Waals surface area (Å²) >= 11 is 0. The van der Waals surface area contributed by atoms with E-state index in [0.717, 1.165) is 13.0 Å². The quantitative estimate of drug-likeness (QED) is 0.805. The van der Waals surface area contributed by atoms with Crippen LogP contribution in [0.25, 0.3) is 0 Å². The Balaban J connectivity index is 2.01. The minimum Gasteiger partial charge on any atom is -0.367 e. The number of para-hydroxylation sites is 1. The molecule has 0 aliphatic carbocycles. The number of amides is 2. The summed E-state index contributed by atoms with van der Waals surface area (Å²) in [6, 6.07) is 10.2. The number of anilines is 1. The van der Waals surface area contributed by atoms with Crippen molar-refractivity contribution < 1.29 is 4.79 Å². The Kier molecular flexibility index (Phi) is 3.29. The summed E-state index contributed by atoms with van der Waals surface area (Å²) in [5.41, 5.74) is 6.30. The fourth-order valence-electron chi connectivity index (χ4n) is 2.23. The summed E-state index contributed by atoms with van der Waals surface area (Å²) in [6.07, 6.45) is 2.27. The van der Waals surface area contributed by atoms with Crippen LogP contribution in [0.4, 0.5) is 10.5 Å². The third-order valence-corrected chi connectivity index (χ3v) is 2.98. The third kappa shape index (κ3) is 2.45. The van der Waals surface area contributed by atoms with Crippen molar-refractivity contribution in [1.29, 1.82) is 0 Å². The van der Waals surface area contributed by atoms with Gasteiger partial charge in [-0.1, -0.05) is 18.2 Å². The zero-order chi connectivity index (χ0) is 11.4. The van der Waals surface area contributed by atoms with Gasteiger partial charge >= 0.3 is 6.03 Å². The molecule has 1 aromatic rings. The first-order valence-corrected chi connectivity index (χ1v) is 5.62. The second-order valence-corrected chi connectivity index (χ2v) is 4.07. The topological polar surface area (TPSA) is 58.4 Å². The summed E-state index contributed by atoms with van der Waals surface area (Å²) in [4.78, 5) is 13.0. The normalized spacial score (nSPS) is 19.8. The van der Waals surface area contributed by atoms with Crippen LogP contribution >= 0.6 is 0 Å². The van der Waals surface area contributed by atoms with Gasteiger partial charge in [0.25, 0.3) is 0 Å². The van der Waals surface area contributed by atoms with Gasteiger partial charge in [-0.05, 0) is 25.0 Å². The summed E-state index contributed by atoms with van der Waals surface area (Å²) in [6.45, 7) is 1.68. The number of hydrogen-bond acceptors (Lipinski definition) is 2. The number of nitrogens with two attached hydrogens (primary N) is 1. The van der Waals surface area contributed by atoms with Crippen molar-refractivity contribution in [3.63, 3.8) is 0 Å². The lowest BCUT2D eigenvalue weighted by molar-refractivity contribution is 0.248. The van der Waals surface area contributed by atoms with Crippen LogP contribution in [0.2, 0.25) is 0 Å². The van der Waals surface area contributed by atoms with E-state index in [1.54, 1.807) is 0 Å². The van der Waals surface area contributed by atoms with Crippen LogP contribution < -0.4 is 16.0 Å². The Morgan fingerprint density at radius 2 is 2.19 bits per heavy atom. The molecule has 0 spiro atoms. The molecule has 0 saturated carbocycles. The maximum absolute atomic E-state index is 10.7. The molecule has 3 N–H and O–H groups in total. The highest BCUT2D eigenvalue weighted by Gasteiger charge is 2.24. The van der Waals surface area contributed by atoms with Crippen LogP contribution in [-0.2, 0) is 0 Å². The molecular formula is C12H17N3O.